The minimum absolute atomic E-state index is 0.277. The summed E-state index contributed by atoms with van der Waals surface area (Å²) in [5.74, 6) is 0.715. The molecule has 1 rings (SSSR count). The normalized spacial score (nSPS) is 12.2. The lowest BCUT2D eigenvalue weighted by atomic mass is 10.1. The minimum Gasteiger partial charge on any atom is -0.369 e. The van der Waals surface area contributed by atoms with Crippen LogP contribution in [-0.4, -0.2) is 31.4 Å². The Labute approximate surface area is 106 Å². The van der Waals surface area contributed by atoms with Gasteiger partial charge in [-0.2, -0.15) is 11.8 Å². The molecule has 1 aromatic carbocycles. The molecule has 0 N–H and O–H groups in total. The highest BCUT2D eigenvalue weighted by atomic mass is 32.2. The quantitative estimate of drug-likeness (QED) is 0.728. The van der Waals surface area contributed by atoms with E-state index in [9.17, 15) is 9.18 Å². The van der Waals surface area contributed by atoms with Gasteiger partial charge in [-0.05, 0) is 43.6 Å². The number of rotatable bonds is 6. The summed E-state index contributed by atoms with van der Waals surface area (Å²) in [6.45, 7) is 2.07. The van der Waals surface area contributed by atoms with Crippen LogP contribution in [0.2, 0.25) is 0 Å². The average molecular weight is 255 g/mol. The van der Waals surface area contributed by atoms with Crippen molar-refractivity contribution in [2.45, 2.75) is 19.4 Å². The summed E-state index contributed by atoms with van der Waals surface area (Å²) in [4.78, 5) is 12.4. The second-order valence-corrected chi connectivity index (χ2v) is 5.06. The van der Waals surface area contributed by atoms with Gasteiger partial charge in [0.25, 0.3) is 0 Å². The first-order chi connectivity index (χ1) is 8.10. The standard InChI is InChI=1S/C13H18FNOS/c1-10(6-7-17-3)15(2)13-5-4-11(9-16)8-12(13)14/h4-5,8-10H,6-7H2,1-3H3. The number of aldehydes is 1. The first kappa shape index (κ1) is 14.0. The summed E-state index contributed by atoms with van der Waals surface area (Å²) in [6.07, 6.45) is 3.72. The number of thioether (sulfide) groups is 1. The van der Waals surface area contributed by atoms with Crippen molar-refractivity contribution < 1.29 is 9.18 Å². The molecule has 0 heterocycles. The zero-order valence-electron chi connectivity index (χ0n) is 10.4. The van der Waals surface area contributed by atoms with Crippen LogP contribution in [0.5, 0.6) is 0 Å². The van der Waals surface area contributed by atoms with Crippen molar-refractivity contribution in [2.75, 3.05) is 24.0 Å². The molecule has 0 aromatic heterocycles. The van der Waals surface area contributed by atoms with E-state index in [1.54, 1.807) is 23.9 Å². The number of nitrogens with zero attached hydrogens (tertiary/aromatic N) is 1. The second kappa shape index (κ2) is 6.64. The average Bonchev–Trinajstić information content (AvgIpc) is 2.34. The first-order valence-electron chi connectivity index (χ1n) is 5.56. The van der Waals surface area contributed by atoms with E-state index in [1.165, 1.54) is 6.07 Å². The lowest BCUT2D eigenvalue weighted by molar-refractivity contribution is 0.112. The third-order valence-electron chi connectivity index (χ3n) is 2.89. The van der Waals surface area contributed by atoms with Crippen LogP contribution in [0.15, 0.2) is 18.2 Å². The van der Waals surface area contributed by atoms with Gasteiger partial charge in [0, 0.05) is 18.7 Å². The topological polar surface area (TPSA) is 20.3 Å². The van der Waals surface area contributed by atoms with Gasteiger partial charge >= 0.3 is 0 Å². The summed E-state index contributed by atoms with van der Waals surface area (Å²) in [6, 6.07) is 4.86. The zero-order chi connectivity index (χ0) is 12.8. The van der Waals surface area contributed by atoms with Crippen LogP contribution in [0.4, 0.5) is 10.1 Å². The number of carbonyl (C=O) groups is 1. The van der Waals surface area contributed by atoms with Crippen LogP contribution < -0.4 is 4.90 Å². The van der Waals surface area contributed by atoms with Gasteiger partial charge in [0.15, 0.2) is 0 Å². The van der Waals surface area contributed by atoms with E-state index in [0.717, 1.165) is 12.2 Å². The predicted molar refractivity (Wildman–Crippen MR) is 72.7 cm³/mol. The molecule has 0 fully saturated rings. The molecule has 94 valence electrons. The molecule has 0 amide bonds. The van der Waals surface area contributed by atoms with Gasteiger partial charge in [0.05, 0.1) is 5.69 Å². The minimum atomic E-state index is -0.340. The fraction of sp³-hybridized carbons (Fsp3) is 0.462. The van der Waals surface area contributed by atoms with Crippen LogP contribution in [0.1, 0.15) is 23.7 Å². The maximum atomic E-state index is 13.8. The second-order valence-electron chi connectivity index (χ2n) is 4.07. The van der Waals surface area contributed by atoms with Gasteiger partial charge in [0.2, 0.25) is 0 Å². The lowest BCUT2D eigenvalue weighted by Crippen LogP contribution is -2.30. The van der Waals surface area contributed by atoms with Gasteiger partial charge in [-0.1, -0.05) is 0 Å². The molecule has 0 spiro atoms. The Balaban J connectivity index is 2.81. The molecule has 1 atom stereocenters. The monoisotopic (exact) mass is 255 g/mol. The van der Waals surface area contributed by atoms with E-state index in [0.29, 0.717) is 17.5 Å². The van der Waals surface area contributed by atoms with Crippen molar-refractivity contribution in [3.63, 3.8) is 0 Å². The van der Waals surface area contributed by atoms with Crippen LogP contribution >= 0.6 is 11.8 Å². The molecule has 0 bridgehead atoms. The van der Waals surface area contributed by atoms with Crippen molar-refractivity contribution in [3.8, 4) is 0 Å². The summed E-state index contributed by atoms with van der Waals surface area (Å²) in [7, 11) is 1.88. The Morgan fingerprint density at radius 1 is 1.53 bits per heavy atom. The van der Waals surface area contributed by atoms with E-state index in [2.05, 4.69) is 13.2 Å². The molecule has 1 unspecified atom stereocenters. The van der Waals surface area contributed by atoms with Gasteiger partial charge < -0.3 is 4.90 Å². The van der Waals surface area contributed by atoms with Crippen LogP contribution in [-0.2, 0) is 0 Å². The van der Waals surface area contributed by atoms with Crippen molar-refractivity contribution in [3.05, 3.63) is 29.6 Å². The fourth-order valence-corrected chi connectivity index (χ4v) is 2.18. The van der Waals surface area contributed by atoms with Gasteiger partial charge in [-0.25, -0.2) is 4.39 Å². The molecule has 2 nitrogen and oxygen atoms in total. The number of anilines is 1. The fourth-order valence-electron chi connectivity index (χ4n) is 1.60. The summed E-state index contributed by atoms with van der Waals surface area (Å²) < 4.78 is 13.8. The van der Waals surface area contributed by atoms with E-state index in [1.807, 2.05) is 11.9 Å². The number of halogens is 1. The Hall–Kier alpha value is -1.03. The Kier molecular flexibility index (Phi) is 5.48. The highest BCUT2D eigenvalue weighted by molar-refractivity contribution is 7.98. The van der Waals surface area contributed by atoms with Gasteiger partial charge in [-0.15, -0.1) is 0 Å². The molecular weight excluding hydrogens is 237 g/mol. The van der Waals surface area contributed by atoms with Crippen LogP contribution in [0.3, 0.4) is 0 Å². The Morgan fingerprint density at radius 3 is 2.76 bits per heavy atom. The van der Waals surface area contributed by atoms with Crippen LogP contribution in [0.25, 0.3) is 0 Å². The van der Waals surface area contributed by atoms with Crippen molar-refractivity contribution in [2.24, 2.45) is 0 Å². The highest BCUT2D eigenvalue weighted by Gasteiger charge is 2.13. The maximum Gasteiger partial charge on any atom is 0.150 e. The Morgan fingerprint density at radius 2 is 2.24 bits per heavy atom. The highest BCUT2D eigenvalue weighted by Crippen LogP contribution is 2.22. The number of carbonyl (C=O) groups excluding carboxylic acids is 1. The molecule has 0 saturated carbocycles. The van der Waals surface area contributed by atoms with Crippen molar-refractivity contribution in [1.29, 1.82) is 0 Å². The first-order valence-corrected chi connectivity index (χ1v) is 6.96. The lowest BCUT2D eigenvalue weighted by Gasteiger charge is -2.27. The number of benzene rings is 1. The molecule has 1 aromatic rings. The SMILES string of the molecule is CSCCC(C)N(C)c1ccc(C=O)cc1F. The van der Waals surface area contributed by atoms with E-state index in [4.69, 9.17) is 0 Å². The molecule has 0 aliphatic carbocycles. The predicted octanol–water partition coefficient (Wildman–Crippen LogP) is 3.22. The molecule has 17 heavy (non-hydrogen) atoms. The summed E-state index contributed by atoms with van der Waals surface area (Å²) in [5, 5.41) is 0. The van der Waals surface area contributed by atoms with E-state index < -0.39 is 0 Å². The van der Waals surface area contributed by atoms with E-state index >= 15 is 0 Å². The largest absolute Gasteiger partial charge is 0.369 e. The number of hydrogen-bond donors (Lipinski definition) is 0. The smallest absolute Gasteiger partial charge is 0.150 e. The van der Waals surface area contributed by atoms with Gasteiger partial charge in [0.1, 0.15) is 12.1 Å². The number of hydrogen-bond acceptors (Lipinski definition) is 3. The molecule has 0 aliphatic heterocycles. The van der Waals surface area contributed by atoms with Crippen LogP contribution in [0, 0.1) is 5.82 Å². The maximum absolute atomic E-state index is 13.8. The molecular formula is C13H18FNOS. The van der Waals surface area contributed by atoms with Crippen molar-refractivity contribution >= 4 is 23.7 Å². The molecule has 0 aliphatic rings. The third-order valence-corrected chi connectivity index (χ3v) is 3.53. The molecule has 0 saturated heterocycles. The molecule has 4 heteroatoms. The summed E-state index contributed by atoms with van der Waals surface area (Å²) in [5.41, 5.74) is 0.917. The zero-order valence-corrected chi connectivity index (χ0v) is 11.3. The summed E-state index contributed by atoms with van der Waals surface area (Å²) >= 11 is 1.79. The third kappa shape index (κ3) is 3.73. The molecule has 0 radical (unpaired) electrons. The van der Waals surface area contributed by atoms with E-state index in [-0.39, 0.29) is 11.9 Å². The van der Waals surface area contributed by atoms with Gasteiger partial charge in [-0.3, -0.25) is 4.79 Å². The Bertz CT molecular complexity index is 384. The van der Waals surface area contributed by atoms with Crippen molar-refractivity contribution in [1.82, 2.24) is 0 Å².